The van der Waals surface area contributed by atoms with Crippen LogP contribution in [-0.2, 0) is 6.54 Å². The molecule has 2 aromatic heterocycles. The van der Waals surface area contributed by atoms with Crippen molar-refractivity contribution in [2.24, 2.45) is 0 Å². The minimum Gasteiger partial charge on any atom is -0.259 e. The second-order valence-corrected chi connectivity index (χ2v) is 3.69. The van der Waals surface area contributed by atoms with Gasteiger partial charge in [-0.25, -0.2) is 13.9 Å². The Balaban J connectivity index is 2.28. The van der Waals surface area contributed by atoms with E-state index in [1.54, 1.807) is 18.6 Å². The summed E-state index contributed by atoms with van der Waals surface area (Å²) in [4.78, 5) is 15.7. The van der Waals surface area contributed by atoms with Gasteiger partial charge in [-0.3, -0.25) is 4.98 Å². The molecular weight excluding hydrogens is 212 g/mol. The molecule has 0 unspecified atom stereocenters. The van der Waals surface area contributed by atoms with Crippen molar-refractivity contribution < 1.29 is 0 Å². The van der Waals surface area contributed by atoms with Crippen LogP contribution in [0.4, 0.5) is 0 Å². The van der Waals surface area contributed by atoms with Crippen LogP contribution in [0.2, 0.25) is 0 Å². The number of rotatable bonds is 4. The third-order valence-electron chi connectivity index (χ3n) is 2.17. The zero-order valence-electron chi connectivity index (χ0n) is 8.20. The van der Waals surface area contributed by atoms with Gasteiger partial charge in [-0.2, -0.15) is 12.6 Å². The van der Waals surface area contributed by atoms with E-state index in [1.807, 2.05) is 0 Å². The van der Waals surface area contributed by atoms with Crippen molar-refractivity contribution in [3.05, 3.63) is 29.1 Å². The van der Waals surface area contributed by atoms with E-state index < -0.39 is 0 Å². The first-order valence-electron chi connectivity index (χ1n) is 4.83. The van der Waals surface area contributed by atoms with E-state index in [9.17, 15) is 4.79 Å². The van der Waals surface area contributed by atoms with E-state index in [-0.39, 0.29) is 5.69 Å². The highest BCUT2D eigenvalue weighted by molar-refractivity contribution is 7.80. The highest BCUT2D eigenvalue weighted by Gasteiger charge is 2.04. The molecule has 2 heterocycles. The molecule has 0 amide bonds. The van der Waals surface area contributed by atoms with Gasteiger partial charge >= 0.3 is 5.69 Å². The minimum atomic E-state index is -0.105. The largest absolute Gasteiger partial charge is 0.350 e. The molecule has 0 saturated carbocycles. The van der Waals surface area contributed by atoms with Crippen molar-refractivity contribution in [2.45, 2.75) is 19.4 Å². The zero-order chi connectivity index (χ0) is 10.7. The summed E-state index contributed by atoms with van der Waals surface area (Å²) in [6.45, 7) is 0.640. The average Bonchev–Trinajstić information content (AvgIpc) is 2.57. The number of thiol groups is 1. The Kier molecular flexibility index (Phi) is 3.05. The first-order valence-corrected chi connectivity index (χ1v) is 5.46. The minimum absolute atomic E-state index is 0.105. The van der Waals surface area contributed by atoms with Crippen LogP contribution in [0.1, 0.15) is 12.8 Å². The lowest BCUT2D eigenvalue weighted by Gasteiger charge is -1.96. The lowest BCUT2D eigenvalue weighted by atomic mass is 10.3. The summed E-state index contributed by atoms with van der Waals surface area (Å²) in [5, 5.41) is 4.16. The lowest BCUT2D eigenvalue weighted by Crippen LogP contribution is -2.21. The van der Waals surface area contributed by atoms with E-state index in [0.717, 1.165) is 18.6 Å². The Morgan fingerprint density at radius 2 is 2.27 bits per heavy atom. The van der Waals surface area contributed by atoms with E-state index in [4.69, 9.17) is 0 Å². The van der Waals surface area contributed by atoms with Gasteiger partial charge in [-0.05, 0) is 18.6 Å². The van der Waals surface area contributed by atoms with Gasteiger partial charge in [0.05, 0.1) is 6.20 Å². The smallest absolute Gasteiger partial charge is 0.259 e. The number of unbranched alkanes of at least 4 members (excludes halogenated alkanes) is 1. The van der Waals surface area contributed by atoms with Crippen LogP contribution in [0.5, 0.6) is 0 Å². The Morgan fingerprint density at radius 3 is 3.00 bits per heavy atom. The maximum absolute atomic E-state index is 11.7. The Morgan fingerprint density at radius 1 is 1.40 bits per heavy atom. The summed E-state index contributed by atoms with van der Waals surface area (Å²) in [5.41, 5.74) is 0.486. The summed E-state index contributed by atoms with van der Waals surface area (Å²) in [7, 11) is 0. The van der Waals surface area contributed by atoms with Crippen LogP contribution in [0, 0.1) is 0 Å². The molecule has 0 fully saturated rings. The van der Waals surface area contributed by atoms with E-state index in [1.165, 1.54) is 9.08 Å². The van der Waals surface area contributed by atoms with Crippen LogP contribution in [0.15, 0.2) is 23.4 Å². The van der Waals surface area contributed by atoms with Crippen molar-refractivity contribution in [3.8, 4) is 0 Å². The van der Waals surface area contributed by atoms with Gasteiger partial charge < -0.3 is 0 Å². The van der Waals surface area contributed by atoms with Gasteiger partial charge in [0.1, 0.15) is 0 Å². The Bertz CT molecular complexity index is 504. The summed E-state index contributed by atoms with van der Waals surface area (Å²) in [6.07, 6.45) is 6.69. The van der Waals surface area contributed by atoms with Gasteiger partial charge in [-0.15, -0.1) is 5.10 Å². The molecule has 0 radical (unpaired) electrons. The molecule has 2 rings (SSSR count). The van der Waals surface area contributed by atoms with Gasteiger partial charge in [-0.1, -0.05) is 0 Å². The molecule has 0 saturated heterocycles. The van der Waals surface area contributed by atoms with Gasteiger partial charge in [0.2, 0.25) is 0 Å². The standard InChI is InChI=1S/C9H12N4OS/c14-9-12-5-3-10-7-8(12)11-13(9)4-1-2-6-15/h3,5,7,15H,1-2,4,6H2. The zero-order valence-corrected chi connectivity index (χ0v) is 9.10. The molecular formula is C9H12N4OS. The molecule has 5 nitrogen and oxygen atoms in total. The van der Waals surface area contributed by atoms with Gasteiger partial charge in [0.25, 0.3) is 0 Å². The van der Waals surface area contributed by atoms with Crippen LogP contribution >= 0.6 is 12.6 Å². The third-order valence-corrected chi connectivity index (χ3v) is 2.48. The van der Waals surface area contributed by atoms with Crippen LogP contribution in [-0.4, -0.2) is 24.9 Å². The lowest BCUT2D eigenvalue weighted by molar-refractivity contribution is 0.556. The molecule has 6 heteroatoms. The number of fused-ring (bicyclic) bond motifs is 1. The molecule has 15 heavy (non-hydrogen) atoms. The normalized spacial score (nSPS) is 11.0. The Hall–Kier alpha value is -1.30. The number of nitrogens with zero attached hydrogens (tertiary/aromatic N) is 4. The first-order chi connectivity index (χ1) is 7.33. The third kappa shape index (κ3) is 2.04. The van der Waals surface area contributed by atoms with Crippen molar-refractivity contribution in [1.82, 2.24) is 19.2 Å². The van der Waals surface area contributed by atoms with Gasteiger partial charge in [0, 0.05) is 18.9 Å². The van der Waals surface area contributed by atoms with Crippen LogP contribution in [0.25, 0.3) is 5.65 Å². The van der Waals surface area contributed by atoms with Crippen molar-refractivity contribution in [1.29, 1.82) is 0 Å². The summed E-state index contributed by atoms with van der Waals surface area (Å²) >= 11 is 4.12. The Labute approximate surface area is 92.2 Å². The fourth-order valence-electron chi connectivity index (χ4n) is 1.40. The quantitative estimate of drug-likeness (QED) is 0.611. The fraction of sp³-hybridized carbons (Fsp3) is 0.444. The molecule has 0 atom stereocenters. The maximum atomic E-state index is 11.7. The second kappa shape index (κ2) is 4.48. The molecule has 0 N–H and O–H groups in total. The predicted octanol–water partition coefficient (Wildman–Crippen LogP) is 0.601. The van der Waals surface area contributed by atoms with Crippen molar-refractivity contribution in [3.63, 3.8) is 0 Å². The highest BCUT2D eigenvalue weighted by atomic mass is 32.1. The number of aryl methyl sites for hydroxylation is 1. The molecule has 0 aromatic carbocycles. The second-order valence-electron chi connectivity index (χ2n) is 3.24. The van der Waals surface area contributed by atoms with E-state index in [0.29, 0.717) is 12.2 Å². The predicted molar refractivity (Wildman–Crippen MR) is 60.3 cm³/mol. The van der Waals surface area contributed by atoms with E-state index in [2.05, 4.69) is 22.7 Å². The van der Waals surface area contributed by atoms with E-state index >= 15 is 0 Å². The molecule has 0 aliphatic carbocycles. The molecule has 0 spiro atoms. The fourth-order valence-corrected chi connectivity index (χ4v) is 1.62. The molecule has 0 bridgehead atoms. The summed E-state index contributed by atoms with van der Waals surface area (Å²) < 4.78 is 2.97. The number of aromatic nitrogens is 4. The average molecular weight is 224 g/mol. The molecule has 2 aromatic rings. The number of hydrogen-bond donors (Lipinski definition) is 1. The molecule has 80 valence electrons. The monoisotopic (exact) mass is 224 g/mol. The van der Waals surface area contributed by atoms with Crippen molar-refractivity contribution in [2.75, 3.05) is 5.75 Å². The maximum Gasteiger partial charge on any atom is 0.350 e. The molecule has 0 aliphatic heterocycles. The number of hydrogen-bond acceptors (Lipinski definition) is 4. The van der Waals surface area contributed by atoms with Crippen LogP contribution < -0.4 is 5.69 Å². The summed E-state index contributed by atoms with van der Waals surface area (Å²) in [6, 6.07) is 0. The molecule has 0 aliphatic rings. The summed E-state index contributed by atoms with van der Waals surface area (Å²) in [5.74, 6) is 0.837. The van der Waals surface area contributed by atoms with Crippen molar-refractivity contribution >= 4 is 18.3 Å². The first kappa shape index (κ1) is 10.2. The van der Waals surface area contributed by atoms with Gasteiger partial charge in [0.15, 0.2) is 5.65 Å². The SMILES string of the molecule is O=c1n(CCCCS)nc2cnccn12. The topological polar surface area (TPSA) is 52.2 Å². The highest BCUT2D eigenvalue weighted by Crippen LogP contribution is 1.96. The van der Waals surface area contributed by atoms with Crippen LogP contribution in [0.3, 0.4) is 0 Å².